The summed E-state index contributed by atoms with van der Waals surface area (Å²) in [6.45, 7) is 0.529. The molecule has 29 heavy (non-hydrogen) atoms. The van der Waals surface area contributed by atoms with Crippen LogP contribution in [0, 0.1) is 11.8 Å². The number of amides is 1. The summed E-state index contributed by atoms with van der Waals surface area (Å²) in [5.41, 5.74) is 6.49. The normalized spacial score (nSPS) is 15.2. The fourth-order valence-electron chi connectivity index (χ4n) is 3.32. The van der Waals surface area contributed by atoms with Crippen molar-refractivity contribution in [3.8, 4) is 17.7 Å². The van der Waals surface area contributed by atoms with Gasteiger partial charge in [0.1, 0.15) is 0 Å². The summed E-state index contributed by atoms with van der Waals surface area (Å²) in [6.07, 6.45) is 5.83. The molecule has 3 N–H and O–H groups in total. The van der Waals surface area contributed by atoms with Gasteiger partial charge in [0.2, 0.25) is 0 Å². The second kappa shape index (κ2) is 8.55. The highest BCUT2D eigenvalue weighted by Crippen LogP contribution is 2.26. The monoisotopic (exact) mass is 395 g/mol. The van der Waals surface area contributed by atoms with Crippen LogP contribution in [-0.2, 0) is 17.6 Å². The highest BCUT2D eigenvalue weighted by atomic mass is 16.3. The van der Waals surface area contributed by atoms with Crippen LogP contribution < -0.4 is 5.73 Å². The van der Waals surface area contributed by atoms with Crippen molar-refractivity contribution < 1.29 is 14.7 Å². The molecule has 1 atom stereocenters. The smallest absolute Gasteiger partial charge is 0.269 e. The zero-order valence-corrected chi connectivity index (χ0v) is 16.7. The summed E-state index contributed by atoms with van der Waals surface area (Å²) in [5.74, 6) is 5.49. The average Bonchev–Trinajstić information content (AvgIpc) is 3.11. The minimum Gasteiger partial charge on any atom is -0.371 e. The van der Waals surface area contributed by atoms with E-state index in [1.807, 2.05) is 19.0 Å². The summed E-state index contributed by atoms with van der Waals surface area (Å²) >= 11 is 0. The number of fused-ring (bicyclic) bond motifs is 1. The topological polar surface area (TPSA) is 114 Å². The Hall–Kier alpha value is -3.02. The number of hydrogen-bond donors (Lipinski definition) is 2. The Labute approximate surface area is 169 Å². The Morgan fingerprint density at radius 1 is 1.41 bits per heavy atom. The fraction of sp³-hybridized carbons (Fsp3) is 0.429. The van der Waals surface area contributed by atoms with Crippen LogP contribution in [0.25, 0.3) is 5.82 Å². The van der Waals surface area contributed by atoms with Gasteiger partial charge in [0.05, 0.1) is 5.69 Å². The first-order chi connectivity index (χ1) is 13.8. The molecule has 0 fully saturated rings. The number of primary amides is 1. The van der Waals surface area contributed by atoms with Crippen molar-refractivity contribution >= 4 is 12.2 Å². The molecule has 1 amide bonds. The molecule has 8 nitrogen and oxygen atoms in total. The van der Waals surface area contributed by atoms with Crippen LogP contribution in [0.1, 0.15) is 46.6 Å². The van der Waals surface area contributed by atoms with E-state index in [9.17, 15) is 14.7 Å². The van der Waals surface area contributed by atoms with Gasteiger partial charge >= 0.3 is 0 Å². The number of rotatable bonds is 6. The number of aromatic nitrogens is 3. The van der Waals surface area contributed by atoms with Crippen molar-refractivity contribution in [1.82, 2.24) is 19.7 Å². The molecule has 0 unspecified atom stereocenters. The summed E-state index contributed by atoms with van der Waals surface area (Å²) in [6, 6.07) is 3.41. The SMILES string of the molecule is CN(C)CC[C@@](O)(C#Cc1ccnc(-n2nc(C(N)=O)c3c2CCCC3)c1)C=O. The molecule has 0 aromatic carbocycles. The van der Waals surface area contributed by atoms with Crippen LogP contribution in [0.5, 0.6) is 0 Å². The predicted octanol–water partition coefficient (Wildman–Crippen LogP) is 0.478. The van der Waals surface area contributed by atoms with Crippen LogP contribution in [0.15, 0.2) is 18.3 Å². The Balaban J connectivity index is 1.94. The Morgan fingerprint density at radius 3 is 2.86 bits per heavy atom. The zero-order valence-electron chi connectivity index (χ0n) is 16.7. The van der Waals surface area contributed by atoms with Gasteiger partial charge in [-0.15, -0.1) is 0 Å². The van der Waals surface area contributed by atoms with Gasteiger partial charge < -0.3 is 15.7 Å². The largest absolute Gasteiger partial charge is 0.371 e. The molecule has 1 aliphatic rings. The number of nitrogens with zero attached hydrogens (tertiary/aromatic N) is 4. The molecule has 0 radical (unpaired) electrons. The minimum absolute atomic E-state index is 0.211. The second-order valence-electron chi connectivity index (χ2n) is 7.51. The number of carbonyl (C=O) groups is 2. The highest BCUT2D eigenvalue weighted by Gasteiger charge is 2.25. The van der Waals surface area contributed by atoms with E-state index in [4.69, 9.17) is 5.73 Å². The first-order valence-corrected chi connectivity index (χ1v) is 9.56. The van der Waals surface area contributed by atoms with Crippen molar-refractivity contribution in [3.63, 3.8) is 0 Å². The number of nitrogens with two attached hydrogens (primary N) is 1. The van der Waals surface area contributed by atoms with Crippen molar-refractivity contribution in [2.75, 3.05) is 20.6 Å². The van der Waals surface area contributed by atoms with Crippen molar-refractivity contribution in [2.24, 2.45) is 5.73 Å². The highest BCUT2D eigenvalue weighted by molar-refractivity contribution is 5.92. The van der Waals surface area contributed by atoms with Crippen molar-refractivity contribution in [1.29, 1.82) is 0 Å². The lowest BCUT2D eigenvalue weighted by Crippen LogP contribution is -2.33. The fourth-order valence-corrected chi connectivity index (χ4v) is 3.32. The summed E-state index contributed by atoms with van der Waals surface area (Å²) < 4.78 is 1.65. The van der Waals surface area contributed by atoms with Gasteiger partial charge in [0.15, 0.2) is 23.4 Å². The van der Waals surface area contributed by atoms with Gasteiger partial charge in [-0.2, -0.15) is 5.10 Å². The molecule has 2 aromatic heterocycles. The van der Waals surface area contributed by atoms with E-state index in [-0.39, 0.29) is 12.1 Å². The molecule has 2 aromatic rings. The molecule has 1 aliphatic carbocycles. The van der Waals surface area contributed by atoms with E-state index >= 15 is 0 Å². The number of aldehydes is 1. The third-order valence-corrected chi connectivity index (χ3v) is 4.93. The van der Waals surface area contributed by atoms with E-state index in [1.54, 1.807) is 23.0 Å². The Morgan fingerprint density at radius 2 is 2.17 bits per heavy atom. The van der Waals surface area contributed by atoms with Crippen molar-refractivity contribution in [3.05, 3.63) is 40.8 Å². The molecule has 152 valence electrons. The van der Waals surface area contributed by atoms with Gasteiger partial charge in [0.25, 0.3) is 5.91 Å². The lowest BCUT2D eigenvalue weighted by atomic mass is 9.95. The maximum absolute atomic E-state index is 11.8. The average molecular weight is 395 g/mol. The Kier molecular flexibility index (Phi) is 6.11. The van der Waals surface area contributed by atoms with Crippen LogP contribution in [0.4, 0.5) is 0 Å². The van der Waals surface area contributed by atoms with E-state index in [1.165, 1.54) is 0 Å². The van der Waals surface area contributed by atoms with Crippen molar-refractivity contribution in [2.45, 2.75) is 37.7 Å². The molecular weight excluding hydrogens is 370 g/mol. The molecule has 0 spiro atoms. The first kappa shape index (κ1) is 20.7. The predicted molar refractivity (Wildman–Crippen MR) is 108 cm³/mol. The lowest BCUT2D eigenvalue weighted by molar-refractivity contribution is -0.119. The molecule has 0 bridgehead atoms. The van der Waals surface area contributed by atoms with Crippen LogP contribution in [0.3, 0.4) is 0 Å². The number of aliphatic hydroxyl groups is 1. The second-order valence-corrected chi connectivity index (χ2v) is 7.51. The number of pyridine rings is 1. The number of carbonyl (C=O) groups excluding carboxylic acids is 2. The molecule has 0 saturated heterocycles. The van der Waals surface area contributed by atoms with Gasteiger partial charge in [-0.1, -0.05) is 11.8 Å². The third-order valence-electron chi connectivity index (χ3n) is 4.93. The van der Waals surface area contributed by atoms with Gasteiger partial charge in [-0.05, 0) is 51.9 Å². The summed E-state index contributed by atoms with van der Waals surface area (Å²) in [5, 5.41) is 14.8. The molecule has 8 heteroatoms. The zero-order chi connectivity index (χ0) is 21.0. The molecular formula is C21H25N5O3. The van der Waals surface area contributed by atoms with Gasteiger partial charge in [-0.25, -0.2) is 9.67 Å². The maximum Gasteiger partial charge on any atom is 0.269 e. The first-order valence-electron chi connectivity index (χ1n) is 9.56. The maximum atomic E-state index is 11.8. The molecule has 0 aliphatic heterocycles. The minimum atomic E-state index is -1.71. The summed E-state index contributed by atoms with van der Waals surface area (Å²) in [7, 11) is 3.72. The quantitative estimate of drug-likeness (QED) is 0.543. The van der Waals surface area contributed by atoms with Crippen LogP contribution >= 0.6 is 0 Å². The standard InChI is InChI=1S/C21H25N5O3/c1-25(2)12-10-21(29,14-27)9-7-15-8-11-23-18(13-15)26-17-6-4-3-5-16(17)19(24-26)20(22)28/h8,11,13-14,29H,3-6,10,12H2,1-2H3,(H2,22,28)/t21-/m0/s1. The Bertz CT molecular complexity index is 986. The summed E-state index contributed by atoms with van der Waals surface area (Å²) in [4.78, 5) is 29.3. The third kappa shape index (κ3) is 4.70. The van der Waals surface area contributed by atoms with Crippen LogP contribution in [-0.4, -0.2) is 63.2 Å². The molecule has 3 rings (SSSR count). The van der Waals surface area contributed by atoms with Gasteiger partial charge in [-0.3, -0.25) is 9.59 Å². The lowest BCUT2D eigenvalue weighted by Gasteiger charge is -2.17. The number of hydrogen-bond acceptors (Lipinski definition) is 6. The van der Waals surface area contributed by atoms with Crippen LogP contribution in [0.2, 0.25) is 0 Å². The van der Waals surface area contributed by atoms with E-state index < -0.39 is 11.5 Å². The van der Waals surface area contributed by atoms with E-state index in [0.29, 0.717) is 24.2 Å². The van der Waals surface area contributed by atoms with Gasteiger partial charge in [0, 0.05) is 30.3 Å². The van der Waals surface area contributed by atoms with E-state index in [2.05, 4.69) is 21.9 Å². The molecule has 2 heterocycles. The van der Waals surface area contributed by atoms with E-state index in [0.717, 1.165) is 36.9 Å². The molecule has 0 saturated carbocycles.